The molecule has 0 radical (unpaired) electrons. The van der Waals surface area contributed by atoms with Crippen molar-refractivity contribution in [1.82, 2.24) is 4.98 Å². The van der Waals surface area contributed by atoms with Gasteiger partial charge in [-0.2, -0.15) is 0 Å². The van der Waals surface area contributed by atoms with Crippen LogP contribution in [0.4, 0.5) is 11.5 Å². The number of nitro groups is 1. The monoisotopic (exact) mass is 251 g/mol. The van der Waals surface area contributed by atoms with Gasteiger partial charge in [0.2, 0.25) is 0 Å². The molecule has 1 aliphatic rings. The Morgan fingerprint density at radius 3 is 2.72 bits per heavy atom. The highest BCUT2D eigenvalue weighted by Gasteiger charge is 2.26. The molecule has 18 heavy (non-hydrogen) atoms. The maximum absolute atomic E-state index is 10.8. The van der Waals surface area contributed by atoms with E-state index >= 15 is 0 Å². The summed E-state index contributed by atoms with van der Waals surface area (Å²) in [6.07, 6.45) is 3.35. The maximum Gasteiger partial charge on any atom is 0.323 e. The molecule has 1 aliphatic carbocycles. The van der Waals surface area contributed by atoms with Crippen molar-refractivity contribution in [2.24, 2.45) is 5.92 Å². The highest BCUT2D eigenvalue weighted by atomic mass is 16.6. The first kappa shape index (κ1) is 12.3. The van der Waals surface area contributed by atoms with Gasteiger partial charge in [0.1, 0.15) is 18.6 Å². The van der Waals surface area contributed by atoms with Crippen molar-refractivity contribution < 1.29 is 14.8 Å². The number of carboxylic acids is 1. The number of hydrogen-bond acceptors (Lipinski definition) is 5. The van der Waals surface area contributed by atoms with Crippen LogP contribution >= 0.6 is 0 Å². The van der Waals surface area contributed by atoms with Crippen LogP contribution in [0.5, 0.6) is 0 Å². The zero-order valence-corrected chi connectivity index (χ0v) is 9.65. The van der Waals surface area contributed by atoms with Gasteiger partial charge < -0.3 is 10.0 Å². The van der Waals surface area contributed by atoms with Gasteiger partial charge in [-0.3, -0.25) is 14.9 Å². The number of rotatable bonds is 6. The number of carboxylic acid groups (broad SMARTS) is 1. The second kappa shape index (κ2) is 4.99. The average Bonchev–Trinajstić information content (AvgIpc) is 3.12. The standard InChI is InChI=1S/C11H13N3O4/c15-11(16)7-13(6-8-1-2-8)10-4-3-9(5-12-10)14(17)18/h3-5,8H,1-2,6-7H2,(H,15,16). The molecule has 0 amide bonds. The Bertz CT molecular complexity index is 456. The van der Waals surface area contributed by atoms with E-state index in [9.17, 15) is 14.9 Å². The minimum Gasteiger partial charge on any atom is -0.480 e. The lowest BCUT2D eigenvalue weighted by Gasteiger charge is -2.21. The number of anilines is 1. The van der Waals surface area contributed by atoms with Gasteiger partial charge in [0.15, 0.2) is 0 Å². The Kier molecular flexibility index (Phi) is 3.40. The summed E-state index contributed by atoms with van der Waals surface area (Å²) in [6, 6.07) is 2.83. The molecule has 0 saturated heterocycles. The average molecular weight is 251 g/mol. The number of pyridine rings is 1. The van der Waals surface area contributed by atoms with E-state index in [1.165, 1.54) is 12.1 Å². The number of carbonyl (C=O) groups is 1. The van der Waals surface area contributed by atoms with Crippen molar-refractivity contribution in [3.05, 3.63) is 28.4 Å². The second-order valence-electron chi connectivity index (χ2n) is 4.35. The van der Waals surface area contributed by atoms with Crippen LogP contribution in [0.3, 0.4) is 0 Å². The Hall–Kier alpha value is -2.18. The molecule has 0 unspecified atom stereocenters. The quantitative estimate of drug-likeness (QED) is 0.604. The summed E-state index contributed by atoms with van der Waals surface area (Å²) < 4.78 is 0. The summed E-state index contributed by atoms with van der Waals surface area (Å²) in [6.45, 7) is 0.498. The van der Waals surface area contributed by atoms with Gasteiger partial charge >= 0.3 is 5.97 Å². The Labute approximate surface area is 103 Å². The van der Waals surface area contributed by atoms with E-state index < -0.39 is 10.9 Å². The van der Waals surface area contributed by atoms with E-state index in [1.54, 1.807) is 4.90 Å². The van der Waals surface area contributed by atoms with Gasteiger partial charge in [-0.05, 0) is 24.8 Å². The summed E-state index contributed by atoms with van der Waals surface area (Å²) >= 11 is 0. The molecule has 2 rings (SSSR count). The molecule has 1 saturated carbocycles. The lowest BCUT2D eigenvalue weighted by atomic mass is 10.3. The van der Waals surface area contributed by atoms with Gasteiger partial charge in [0.05, 0.1) is 4.92 Å². The van der Waals surface area contributed by atoms with Gasteiger partial charge in [-0.25, -0.2) is 4.98 Å². The topological polar surface area (TPSA) is 96.6 Å². The summed E-state index contributed by atoms with van der Waals surface area (Å²) in [4.78, 5) is 26.4. The Morgan fingerprint density at radius 1 is 1.56 bits per heavy atom. The minimum absolute atomic E-state index is 0.0968. The fourth-order valence-corrected chi connectivity index (χ4v) is 1.69. The molecule has 1 aromatic heterocycles. The molecule has 1 fully saturated rings. The first-order chi connectivity index (χ1) is 8.56. The summed E-state index contributed by atoms with van der Waals surface area (Å²) in [5.74, 6) is 0.0482. The predicted octanol–water partition coefficient (Wildman–Crippen LogP) is 1.29. The SMILES string of the molecule is O=C(O)CN(CC1CC1)c1ccc([N+](=O)[O-])cn1. The normalized spacial score (nSPS) is 14.2. The Balaban J connectivity index is 2.12. The van der Waals surface area contributed by atoms with Crippen LogP contribution in [0, 0.1) is 16.0 Å². The van der Waals surface area contributed by atoms with E-state index in [1.807, 2.05) is 0 Å². The molecule has 0 aromatic carbocycles. The fraction of sp³-hybridized carbons (Fsp3) is 0.455. The van der Waals surface area contributed by atoms with Crippen LogP contribution < -0.4 is 4.90 Å². The molecule has 96 valence electrons. The van der Waals surface area contributed by atoms with Crippen molar-refractivity contribution >= 4 is 17.5 Å². The predicted molar refractivity (Wildman–Crippen MR) is 63.5 cm³/mol. The highest BCUT2D eigenvalue weighted by molar-refractivity contribution is 5.73. The first-order valence-electron chi connectivity index (χ1n) is 5.63. The molecule has 1 N–H and O–H groups in total. The van der Waals surface area contributed by atoms with Crippen LogP contribution in [0.2, 0.25) is 0 Å². The van der Waals surface area contributed by atoms with Crippen molar-refractivity contribution in [3.8, 4) is 0 Å². The first-order valence-corrected chi connectivity index (χ1v) is 5.63. The molecular formula is C11H13N3O4. The lowest BCUT2D eigenvalue weighted by Crippen LogP contribution is -2.32. The van der Waals surface area contributed by atoms with Gasteiger partial charge in [0.25, 0.3) is 5.69 Å². The van der Waals surface area contributed by atoms with Gasteiger partial charge in [-0.1, -0.05) is 0 Å². The molecular weight excluding hydrogens is 238 g/mol. The van der Waals surface area contributed by atoms with E-state index in [4.69, 9.17) is 5.11 Å². The van der Waals surface area contributed by atoms with Crippen LogP contribution in [-0.2, 0) is 4.79 Å². The molecule has 1 heterocycles. The third-order valence-electron chi connectivity index (χ3n) is 2.77. The second-order valence-corrected chi connectivity index (χ2v) is 4.35. The Morgan fingerprint density at radius 2 is 2.28 bits per heavy atom. The lowest BCUT2D eigenvalue weighted by molar-refractivity contribution is -0.385. The summed E-state index contributed by atoms with van der Waals surface area (Å²) in [5.41, 5.74) is -0.0968. The number of aliphatic carboxylic acids is 1. The zero-order chi connectivity index (χ0) is 13.1. The molecule has 0 aliphatic heterocycles. The third-order valence-corrected chi connectivity index (χ3v) is 2.77. The largest absolute Gasteiger partial charge is 0.480 e. The van der Waals surface area contributed by atoms with Crippen LogP contribution in [0.25, 0.3) is 0 Å². The van der Waals surface area contributed by atoms with Gasteiger partial charge in [-0.15, -0.1) is 0 Å². The molecule has 0 spiro atoms. The zero-order valence-electron chi connectivity index (χ0n) is 9.65. The number of hydrogen-bond donors (Lipinski definition) is 1. The van der Waals surface area contributed by atoms with E-state index in [0.717, 1.165) is 19.0 Å². The van der Waals surface area contributed by atoms with Crippen molar-refractivity contribution in [2.45, 2.75) is 12.8 Å². The molecule has 0 atom stereocenters. The van der Waals surface area contributed by atoms with Crippen LogP contribution in [0.15, 0.2) is 18.3 Å². The summed E-state index contributed by atoms with van der Waals surface area (Å²) in [5, 5.41) is 19.3. The third kappa shape index (κ3) is 3.16. The van der Waals surface area contributed by atoms with Crippen molar-refractivity contribution in [3.63, 3.8) is 0 Å². The number of nitrogens with zero attached hydrogens (tertiary/aromatic N) is 3. The van der Waals surface area contributed by atoms with E-state index in [-0.39, 0.29) is 12.2 Å². The van der Waals surface area contributed by atoms with Crippen LogP contribution in [0.1, 0.15) is 12.8 Å². The van der Waals surface area contributed by atoms with E-state index in [2.05, 4.69) is 4.98 Å². The maximum atomic E-state index is 10.8. The van der Waals surface area contributed by atoms with Crippen LogP contribution in [-0.4, -0.2) is 34.1 Å². The van der Waals surface area contributed by atoms with Gasteiger partial charge in [0, 0.05) is 12.6 Å². The van der Waals surface area contributed by atoms with Crippen molar-refractivity contribution in [2.75, 3.05) is 18.0 Å². The van der Waals surface area contributed by atoms with E-state index in [0.29, 0.717) is 18.3 Å². The highest BCUT2D eigenvalue weighted by Crippen LogP contribution is 2.31. The minimum atomic E-state index is -0.934. The molecule has 0 bridgehead atoms. The smallest absolute Gasteiger partial charge is 0.323 e. The fourth-order valence-electron chi connectivity index (χ4n) is 1.69. The molecule has 1 aromatic rings. The van der Waals surface area contributed by atoms with Crippen molar-refractivity contribution in [1.29, 1.82) is 0 Å². The number of aromatic nitrogens is 1. The molecule has 7 heteroatoms. The summed E-state index contributed by atoms with van der Waals surface area (Å²) in [7, 11) is 0. The molecule has 7 nitrogen and oxygen atoms in total.